The van der Waals surface area contributed by atoms with Crippen LogP contribution in [0.25, 0.3) is 0 Å². The molecule has 0 rings (SSSR count). The molecular weight excluding hydrogens is 217 g/mol. The van der Waals surface area contributed by atoms with Gasteiger partial charge in [0.25, 0.3) is 0 Å². The Balaban J connectivity index is 3.02. The molecule has 18 heavy (non-hydrogen) atoms. The average molecular weight is 251 g/mol. The summed E-state index contributed by atoms with van der Waals surface area (Å²) in [5, 5.41) is 3.53. The monoisotopic (exact) mass is 251 g/mol. The lowest BCUT2D eigenvalue weighted by molar-refractivity contribution is 0.543. The van der Waals surface area contributed by atoms with Crippen molar-refractivity contribution in [3.8, 4) is 0 Å². The van der Waals surface area contributed by atoms with Crippen molar-refractivity contribution in [3.63, 3.8) is 0 Å². The van der Waals surface area contributed by atoms with Crippen LogP contribution in [0.5, 0.6) is 0 Å². The summed E-state index contributed by atoms with van der Waals surface area (Å²) < 4.78 is 0. The molecule has 1 N–H and O–H groups in total. The minimum absolute atomic E-state index is 0.431. The Bertz CT molecular complexity index is 150. The summed E-state index contributed by atoms with van der Waals surface area (Å²) in [6, 6.07) is 0. The molecule has 0 heterocycles. The Labute approximate surface area is 117 Å². The van der Waals surface area contributed by atoms with Gasteiger partial charge in [-0.2, -0.15) is 0 Å². The van der Waals surface area contributed by atoms with Gasteiger partial charge in [-0.3, -0.25) is 0 Å². The number of rotatable bonds is 14. The Hall–Kier alpha value is 0.0249. The van der Waals surface area contributed by atoms with Crippen LogP contribution in [-0.4, -0.2) is 20.9 Å². The fraction of sp³-hybridized carbons (Fsp3) is 1.00. The molecule has 0 fully saturated rings. The van der Waals surface area contributed by atoms with Crippen LogP contribution in [0, 0.1) is 0 Å². The van der Waals surface area contributed by atoms with E-state index >= 15 is 0 Å². The molecule has 0 aromatic rings. The van der Waals surface area contributed by atoms with Gasteiger partial charge in [0.15, 0.2) is 0 Å². The molecule has 0 aliphatic heterocycles. The highest BCUT2D eigenvalue weighted by Gasteiger charge is 2.00. The van der Waals surface area contributed by atoms with Crippen molar-refractivity contribution in [2.75, 3.05) is 13.1 Å². The summed E-state index contributed by atoms with van der Waals surface area (Å²) in [6.45, 7) is 6.84. The third-order valence-corrected chi connectivity index (χ3v) is 3.56. The third-order valence-electron chi connectivity index (χ3n) is 3.56. The second kappa shape index (κ2) is 15.1. The quantitative estimate of drug-likeness (QED) is 0.343. The van der Waals surface area contributed by atoms with E-state index < -0.39 is 0 Å². The fourth-order valence-corrected chi connectivity index (χ4v) is 2.26. The summed E-state index contributed by atoms with van der Waals surface area (Å²) >= 11 is 0. The van der Waals surface area contributed by atoms with Crippen LogP contribution in [-0.2, 0) is 0 Å². The first-order chi connectivity index (χ1) is 8.81. The number of nitrogens with one attached hydrogen (secondary N) is 1. The van der Waals surface area contributed by atoms with E-state index in [1.54, 1.807) is 0 Å². The maximum atomic E-state index is 6.04. The highest BCUT2D eigenvalue weighted by atomic mass is 14.8. The molecule has 1 unspecified atom stereocenters. The van der Waals surface area contributed by atoms with Gasteiger partial charge in [0.2, 0.25) is 0 Å². The summed E-state index contributed by atoms with van der Waals surface area (Å²) in [6.07, 6.45) is 14.5. The van der Waals surface area contributed by atoms with E-state index in [0.29, 0.717) is 5.82 Å². The SMILES string of the molecule is [B]C(CCCC)CCCNCCCCCCCC. The van der Waals surface area contributed by atoms with Gasteiger partial charge < -0.3 is 5.32 Å². The van der Waals surface area contributed by atoms with Crippen LogP contribution in [0.2, 0.25) is 5.82 Å². The molecule has 2 heteroatoms. The zero-order valence-electron chi connectivity index (χ0n) is 12.8. The Kier molecular flexibility index (Phi) is 15.1. The largest absolute Gasteiger partial charge is 0.317 e. The molecule has 0 saturated heterocycles. The van der Waals surface area contributed by atoms with Gasteiger partial charge in [-0.25, -0.2) is 0 Å². The van der Waals surface area contributed by atoms with E-state index in [9.17, 15) is 0 Å². The zero-order valence-corrected chi connectivity index (χ0v) is 12.8. The van der Waals surface area contributed by atoms with Gasteiger partial charge in [0.1, 0.15) is 0 Å². The molecule has 0 bridgehead atoms. The van der Waals surface area contributed by atoms with Crippen molar-refractivity contribution in [1.29, 1.82) is 0 Å². The fourth-order valence-electron chi connectivity index (χ4n) is 2.26. The van der Waals surface area contributed by atoms with E-state index in [0.717, 1.165) is 6.54 Å². The smallest absolute Gasteiger partial charge is 0.0699 e. The normalized spacial score (nSPS) is 12.8. The highest BCUT2D eigenvalue weighted by Crippen LogP contribution is 2.16. The first kappa shape index (κ1) is 18.0. The summed E-state index contributed by atoms with van der Waals surface area (Å²) in [5.74, 6) is 0.431. The van der Waals surface area contributed by atoms with E-state index in [2.05, 4.69) is 19.2 Å². The maximum absolute atomic E-state index is 6.04. The van der Waals surface area contributed by atoms with E-state index in [1.165, 1.54) is 77.2 Å². The number of hydrogen-bond acceptors (Lipinski definition) is 1. The maximum Gasteiger partial charge on any atom is 0.0699 e. The summed E-state index contributed by atoms with van der Waals surface area (Å²) in [4.78, 5) is 0. The summed E-state index contributed by atoms with van der Waals surface area (Å²) in [5.41, 5.74) is 0. The minimum atomic E-state index is 0.431. The van der Waals surface area contributed by atoms with Crippen molar-refractivity contribution in [3.05, 3.63) is 0 Å². The zero-order chi connectivity index (χ0) is 13.5. The molecule has 0 amide bonds. The molecule has 0 aliphatic rings. The Morgan fingerprint density at radius 1 is 0.722 bits per heavy atom. The molecule has 0 saturated carbocycles. The van der Waals surface area contributed by atoms with Crippen molar-refractivity contribution in [2.45, 2.75) is 90.3 Å². The molecule has 2 radical (unpaired) electrons. The van der Waals surface area contributed by atoms with Crippen LogP contribution >= 0.6 is 0 Å². The second-order valence-electron chi connectivity index (χ2n) is 5.56. The predicted molar refractivity (Wildman–Crippen MR) is 84.5 cm³/mol. The minimum Gasteiger partial charge on any atom is -0.317 e. The molecule has 0 aliphatic carbocycles. The average Bonchev–Trinajstić information content (AvgIpc) is 2.38. The van der Waals surface area contributed by atoms with Crippen LogP contribution in [0.3, 0.4) is 0 Å². The van der Waals surface area contributed by atoms with Gasteiger partial charge in [-0.1, -0.05) is 77.5 Å². The van der Waals surface area contributed by atoms with Crippen LogP contribution in [0.15, 0.2) is 0 Å². The molecule has 0 aromatic carbocycles. The summed E-state index contributed by atoms with van der Waals surface area (Å²) in [7, 11) is 6.04. The number of unbranched alkanes of at least 4 members (excludes halogenated alkanes) is 6. The van der Waals surface area contributed by atoms with Crippen LogP contribution < -0.4 is 5.32 Å². The van der Waals surface area contributed by atoms with Crippen LogP contribution in [0.4, 0.5) is 0 Å². The molecular formula is C16H34BN. The van der Waals surface area contributed by atoms with Gasteiger partial charge in [-0.05, 0) is 25.9 Å². The lowest BCUT2D eigenvalue weighted by Gasteiger charge is -2.11. The predicted octanol–water partition coefficient (Wildman–Crippen LogP) is 4.86. The lowest BCUT2D eigenvalue weighted by atomic mass is 9.80. The van der Waals surface area contributed by atoms with Gasteiger partial charge in [0, 0.05) is 0 Å². The van der Waals surface area contributed by atoms with Gasteiger partial charge in [-0.15, -0.1) is 0 Å². The van der Waals surface area contributed by atoms with Crippen molar-refractivity contribution >= 4 is 7.85 Å². The molecule has 0 spiro atoms. The van der Waals surface area contributed by atoms with Crippen molar-refractivity contribution in [1.82, 2.24) is 5.32 Å². The third kappa shape index (κ3) is 14.1. The van der Waals surface area contributed by atoms with Crippen LogP contribution in [0.1, 0.15) is 84.5 Å². The highest BCUT2D eigenvalue weighted by molar-refractivity contribution is 6.11. The molecule has 1 atom stereocenters. The Morgan fingerprint density at radius 3 is 2.00 bits per heavy atom. The van der Waals surface area contributed by atoms with E-state index in [1.807, 2.05) is 0 Å². The van der Waals surface area contributed by atoms with E-state index in [4.69, 9.17) is 7.85 Å². The molecule has 1 nitrogen and oxygen atoms in total. The first-order valence-corrected chi connectivity index (χ1v) is 8.27. The van der Waals surface area contributed by atoms with E-state index in [-0.39, 0.29) is 0 Å². The first-order valence-electron chi connectivity index (χ1n) is 8.27. The standard InChI is InChI=1S/C16H34BN/c1-3-5-7-8-9-10-14-18-15-11-13-16(17)12-6-4-2/h16,18H,3-15H2,1-2H3. The van der Waals surface area contributed by atoms with Gasteiger partial charge in [0.05, 0.1) is 7.85 Å². The Morgan fingerprint density at radius 2 is 1.28 bits per heavy atom. The second-order valence-corrected chi connectivity index (χ2v) is 5.56. The topological polar surface area (TPSA) is 12.0 Å². The molecule has 0 aromatic heterocycles. The number of hydrogen-bond donors (Lipinski definition) is 1. The van der Waals surface area contributed by atoms with Crippen molar-refractivity contribution < 1.29 is 0 Å². The lowest BCUT2D eigenvalue weighted by Crippen LogP contribution is -2.17. The van der Waals surface area contributed by atoms with Crippen molar-refractivity contribution in [2.24, 2.45) is 0 Å². The molecule has 106 valence electrons. The van der Waals surface area contributed by atoms with Gasteiger partial charge >= 0.3 is 0 Å².